The van der Waals surface area contributed by atoms with E-state index in [9.17, 15) is 0 Å². The van der Waals surface area contributed by atoms with Gasteiger partial charge >= 0.3 is 6.72 Å². The Bertz CT molecular complexity index is 439. The van der Waals surface area contributed by atoms with Gasteiger partial charge in [-0.3, -0.25) is 0 Å². The highest BCUT2D eigenvalue weighted by molar-refractivity contribution is 8.06. The highest BCUT2D eigenvalue weighted by Gasteiger charge is 2.11. The molecule has 0 aromatic carbocycles. The second-order valence-electron chi connectivity index (χ2n) is 2.76. The molecule has 1 rings (SSSR count). The van der Waals surface area contributed by atoms with Gasteiger partial charge in [0.05, 0.1) is 22.3 Å². The molecule has 0 atom stereocenters. The summed E-state index contributed by atoms with van der Waals surface area (Å²) in [5.41, 5.74) is 0.458. The van der Waals surface area contributed by atoms with Crippen LogP contribution in [0.25, 0.3) is 0 Å². The highest BCUT2D eigenvalue weighted by Crippen LogP contribution is 2.36. The molecule has 0 aliphatic rings. The van der Waals surface area contributed by atoms with Crippen molar-refractivity contribution in [2.24, 2.45) is 0 Å². The van der Waals surface area contributed by atoms with Crippen LogP contribution in [0.4, 0.5) is 0 Å². The molecular formula is C7H7Cl3NO3PS. The summed E-state index contributed by atoms with van der Waals surface area (Å²) in [4.78, 5) is 21.6. The zero-order valence-electron chi connectivity index (χ0n) is 7.73. The van der Waals surface area contributed by atoms with Crippen molar-refractivity contribution >= 4 is 53.3 Å². The zero-order chi connectivity index (χ0) is 12.3. The third-order valence-electron chi connectivity index (χ3n) is 1.56. The molecule has 1 aromatic heterocycles. The Hall–Kier alpha value is 0.550. The molecule has 16 heavy (non-hydrogen) atoms. The number of rotatable bonds is 4. The van der Waals surface area contributed by atoms with Crippen molar-refractivity contribution in [3.8, 4) is 0 Å². The third kappa shape index (κ3) is 4.82. The lowest BCUT2D eigenvalue weighted by Crippen LogP contribution is -2.00. The van der Waals surface area contributed by atoms with E-state index in [4.69, 9.17) is 44.6 Å². The number of aromatic nitrogens is 1. The van der Waals surface area contributed by atoms with Crippen LogP contribution in [0.5, 0.6) is 0 Å². The fourth-order valence-corrected chi connectivity index (χ4v) is 2.08. The summed E-state index contributed by atoms with van der Waals surface area (Å²) in [5, 5.41) is 0.724. The maximum absolute atomic E-state index is 8.82. The highest BCUT2D eigenvalue weighted by atomic mass is 35.5. The molecule has 0 saturated heterocycles. The summed E-state index contributed by atoms with van der Waals surface area (Å²) >= 11 is 21.5. The van der Waals surface area contributed by atoms with Gasteiger partial charge in [-0.2, -0.15) is 0 Å². The Morgan fingerprint density at radius 3 is 2.50 bits per heavy atom. The second-order valence-corrected chi connectivity index (χ2v) is 6.60. The molecular weight excluding hydrogens is 315 g/mol. The molecule has 1 aromatic rings. The van der Waals surface area contributed by atoms with Crippen molar-refractivity contribution in [1.82, 2.24) is 4.98 Å². The number of hydrogen-bond donors (Lipinski definition) is 2. The van der Waals surface area contributed by atoms with E-state index in [1.54, 1.807) is 0 Å². The monoisotopic (exact) mass is 321 g/mol. The van der Waals surface area contributed by atoms with E-state index in [2.05, 4.69) is 21.3 Å². The summed E-state index contributed by atoms with van der Waals surface area (Å²) in [5.74, 6) is 0. The first kappa shape index (κ1) is 14.6. The predicted octanol–water partition coefficient (Wildman–Crippen LogP) is 2.81. The molecule has 2 N–H and O–H groups in total. The Labute approximate surface area is 112 Å². The molecule has 9 heteroatoms. The van der Waals surface area contributed by atoms with Gasteiger partial charge in [0.1, 0.15) is 5.15 Å². The first-order valence-corrected chi connectivity index (χ1v) is 7.76. The first-order chi connectivity index (χ1) is 7.29. The molecule has 0 aliphatic carbocycles. The molecule has 90 valence electrons. The minimum absolute atomic E-state index is 0.00500. The number of nitrogens with zero attached hydrogens (tertiary/aromatic N) is 1. The summed E-state index contributed by atoms with van der Waals surface area (Å²) in [6.45, 7) is -3.64. The minimum Gasteiger partial charge on any atom is -0.325 e. The molecule has 0 radical (unpaired) electrons. The summed E-state index contributed by atoms with van der Waals surface area (Å²) in [6, 6.07) is 1.46. The van der Waals surface area contributed by atoms with Crippen LogP contribution in [-0.4, -0.2) is 21.4 Å². The molecule has 0 amide bonds. The summed E-state index contributed by atoms with van der Waals surface area (Å²) in [7, 11) is 0. The standard InChI is InChI=1S/C7H7Cl3NO3PS/c8-4-3-5(9)7(10)11-6(4)1-2-14-15(12,13)16/h3H,1-2H2,(H2,12,13,16). The van der Waals surface area contributed by atoms with Gasteiger partial charge < -0.3 is 14.3 Å². The van der Waals surface area contributed by atoms with Crippen LogP contribution < -0.4 is 0 Å². The maximum Gasteiger partial charge on any atom is 0.321 e. The molecule has 0 aliphatic heterocycles. The molecule has 0 spiro atoms. The molecule has 4 nitrogen and oxygen atoms in total. The summed E-state index contributed by atoms with van der Waals surface area (Å²) in [6.07, 6.45) is 0.259. The molecule has 1 heterocycles. The number of halogens is 3. The number of hydrogen-bond acceptors (Lipinski definition) is 3. The maximum atomic E-state index is 8.82. The molecule has 0 fully saturated rings. The topological polar surface area (TPSA) is 62.6 Å². The smallest absolute Gasteiger partial charge is 0.321 e. The van der Waals surface area contributed by atoms with Crippen molar-refractivity contribution < 1.29 is 14.3 Å². The van der Waals surface area contributed by atoms with Crippen LogP contribution in [0.2, 0.25) is 15.2 Å². The Balaban J connectivity index is 2.68. The SMILES string of the molecule is OP(O)(=S)OCCc1nc(Cl)c(Cl)cc1Cl. The van der Waals surface area contributed by atoms with Crippen molar-refractivity contribution in [3.05, 3.63) is 27.0 Å². The van der Waals surface area contributed by atoms with E-state index >= 15 is 0 Å². The van der Waals surface area contributed by atoms with Crippen molar-refractivity contribution in [3.63, 3.8) is 0 Å². The van der Waals surface area contributed by atoms with Gasteiger partial charge in [0.15, 0.2) is 0 Å². The van der Waals surface area contributed by atoms with Crippen LogP contribution in [0.3, 0.4) is 0 Å². The lowest BCUT2D eigenvalue weighted by atomic mass is 10.3. The lowest BCUT2D eigenvalue weighted by Gasteiger charge is -2.09. The Morgan fingerprint density at radius 1 is 1.31 bits per heavy atom. The van der Waals surface area contributed by atoms with E-state index < -0.39 is 6.72 Å². The van der Waals surface area contributed by atoms with Gasteiger partial charge in [-0.25, -0.2) is 4.98 Å². The quantitative estimate of drug-likeness (QED) is 0.659. The van der Waals surface area contributed by atoms with E-state index in [1.165, 1.54) is 6.07 Å². The average Bonchev–Trinajstić information content (AvgIpc) is 2.11. The van der Waals surface area contributed by atoms with E-state index in [1.807, 2.05) is 0 Å². The van der Waals surface area contributed by atoms with E-state index in [-0.39, 0.29) is 23.2 Å². The average molecular weight is 323 g/mol. The van der Waals surface area contributed by atoms with Gasteiger partial charge in [0.2, 0.25) is 0 Å². The van der Waals surface area contributed by atoms with E-state index in [0.29, 0.717) is 10.7 Å². The fourth-order valence-electron chi connectivity index (χ4n) is 0.916. The van der Waals surface area contributed by atoms with Crippen molar-refractivity contribution in [2.45, 2.75) is 6.42 Å². The normalized spacial score (nSPS) is 11.8. The van der Waals surface area contributed by atoms with Crippen LogP contribution >= 0.6 is 41.5 Å². The van der Waals surface area contributed by atoms with Gasteiger partial charge in [-0.05, 0) is 17.9 Å². The molecule has 0 unspecified atom stereocenters. The zero-order valence-corrected chi connectivity index (χ0v) is 11.7. The minimum atomic E-state index is -3.64. The van der Waals surface area contributed by atoms with Gasteiger partial charge in [-0.1, -0.05) is 34.8 Å². The van der Waals surface area contributed by atoms with Gasteiger partial charge in [0, 0.05) is 6.42 Å². The summed E-state index contributed by atoms with van der Waals surface area (Å²) < 4.78 is 4.62. The molecule has 0 saturated carbocycles. The van der Waals surface area contributed by atoms with E-state index in [0.717, 1.165) is 0 Å². The Kier molecular flexibility index (Phi) is 5.42. The van der Waals surface area contributed by atoms with Gasteiger partial charge in [-0.15, -0.1) is 0 Å². The Morgan fingerprint density at radius 2 is 1.94 bits per heavy atom. The third-order valence-corrected chi connectivity index (χ3v) is 3.39. The van der Waals surface area contributed by atoms with Crippen LogP contribution in [0, 0.1) is 0 Å². The second kappa shape index (κ2) is 5.94. The van der Waals surface area contributed by atoms with Crippen LogP contribution in [0.1, 0.15) is 5.69 Å². The first-order valence-electron chi connectivity index (χ1n) is 4.00. The van der Waals surface area contributed by atoms with Crippen molar-refractivity contribution in [2.75, 3.05) is 6.61 Å². The number of pyridine rings is 1. The lowest BCUT2D eigenvalue weighted by molar-refractivity contribution is 0.254. The molecule has 0 bridgehead atoms. The van der Waals surface area contributed by atoms with Crippen molar-refractivity contribution in [1.29, 1.82) is 0 Å². The fraction of sp³-hybridized carbons (Fsp3) is 0.286. The van der Waals surface area contributed by atoms with Crippen LogP contribution in [0.15, 0.2) is 6.07 Å². The van der Waals surface area contributed by atoms with Crippen LogP contribution in [-0.2, 0) is 22.8 Å². The predicted molar refractivity (Wildman–Crippen MR) is 67.6 cm³/mol. The van der Waals surface area contributed by atoms with Gasteiger partial charge in [0.25, 0.3) is 0 Å². The largest absolute Gasteiger partial charge is 0.325 e.